The van der Waals surface area contributed by atoms with Gasteiger partial charge < -0.3 is 9.47 Å². The van der Waals surface area contributed by atoms with Gasteiger partial charge in [0, 0.05) is 0 Å². The van der Waals surface area contributed by atoms with Gasteiger partial charge in [0.1, 0.15) is 5.92 Å². The third-order valence-corrected chi connectivity index (χ3v) is 6.41. The number of para-hydroxylation sites is 1. The summed E-state index contributed by atoms with van der Waals surface area (Å²) in [6.45, 7) is 4.57. The van der Waals surface area contributed by atoms with E-state index in [0.29, 0.717) is 23.8 Å². The Morgan fingerprint density at radius 1 is 0.886 bits per heavy atom. The Bertz CT molecular complexity index is 1230. The first-order chi connectivity index (χ1) is 17.0. The van der Waals surface area contributed by atoms with Gasteiger partial charge in [-0.15, -0.1) is 0 Å². The molecule has 2 aliphatic heterocycles. The molecule has 3 aromatic carbocycles. The molecule has 2 amide bonds. The van der Waals surface area contributed by atoms with Gasteiger partial charge in [-0.1, -0.05) is 48.9 Å². The van der Waals surface area contributed by atoms with Gasteiger partial charge in [-0.05, 0) is 55.3 Å². The molecule has 0 aliphatic carbocycles. The topological polar surface area (TPSA) is 68.3 Å². The molecule has 3 atom stereocenters. The summed E-state index contributed by atoms with van der Waals surface area (Å²) in [4.78, 5) is 34.7. The lowest BCUT2D eigenvalue weighted by Crippen LogP contribution is -2.37. The Kier molecular flexibility index (Phi) is 6.17. The van der Waals surface area contributed by atoms with Crippen LogP contribution in [-0.4, -0.2) is 31.6 Å². The van der Waals surface area contributed by atoms with E-state index in [-0.39, 0.29) is 11.8 Å². The number of fused-ring (bicyclic) bond motifs is 1. The Morgan fingerprint density at radius 3 is 2.31 bits per heavy atom. The first-order valence-corrected chi connectivity index (χ1v) is 11.8. The van der Waals surface area contributed by atoms with Crippen molar-refractivity contribution in [2.45, 2.75) is 32.4 Å². The van der Waals surface area contributed by atoms with Crippen LogP contribution in [0.25, 0.3) is 0 Å². The number of rotatable bonds is 7. The zero-order chi connectivity index (χ0) is 24.5. The average molecular weight is 473 g/mol. The number of hydroxylamine groups is 1. The minimum absolute atomic E-state index is 0.280. The summed E-state index contributed by atoms with van der Waals surface area (Å²) >= 11 is 0. The van der Waals surface area contributed by atoms with Crippen molar-refractivity contribution in [3.63, 3.8) is 0 Å². The molecule has 0 spiro atoms. The molecule has 3 aromatic rings. The Hall–Kier alpha value is -3.84. The lowest BCUT2D eigenvalue weighted by atomic mass is 9.90. The number of hydrogen-bond acceptors (Lipinski definition) is 6. The quantitative estimate of drug-likeness (QED) is 0.458. The number of hydrogen-bond donors (Lipinski definition) is 0. The van der Waals surface area contributed by atoms with E-state index in [1.54, 1.807) is 24.3 Å². The molecule has 35 heavy (non-hydrogen) atoms. The fourth-order valence-corrected chi connectivity index (χ4v) is 4.70. The Labute approximate surface area is 204 Å². The van der Waals surface area contributed by atoms with Gasteiger partial charge in [-0.25, -0.2) is 9.96 Å². The normalized spacial score (nSPS) is 21.4. The molecule has 7 nitrogen and oxygen atoms in total. The lowest BCUT2D eigenvalue weighted by molar-refractivity contribution is -0.126. The number of aryl methyl sites for hydroxylation is 1. The number of anilines is 2. The van der Waals surface area contributed by atoms with Crippen LogP contribution in [0.5, 0.6) is 11.5 Å². The predicted molar refractivity (Wildman–Crippen MR) is 132 cm³/mol. The molecule has 0 radical (unpaired) electrons. The van der Waals surface area contributed by atoms with Gasteiger partial charge in [0.15, 0.2) is 17.6 Å². The van der Waals surface area contributed by atoms with Crippen LogP contribution in [0.1, 0.15) is 30.5 Å². The second-order valence-corrected chi connectivity index (χ2v) is 8.76. The second-order valence-electron chi connectivity index (χ2n) is 8.76. The highest BCUT2D eigenvalue weighted by Gasteiger charge is 2.60. The van der Waals surface area contributed by atoms with E-state index in [9.17, 15) is 9.59 Å². The molecular weight excluding hydrogens is 444 g/mol. The average Bonchev–Trinajstić information content (AvgIpc) is 3.39. The van der Waals surface area contributed by atoms with Crippen molar-refractivity contribution in [2.75, 3.05) is 23.7 Å². The molecular formula is C28H28N2O5. The molecule has 7 heteroatoms. The summed E-state index contributed by atoms with van der Waals surface area (Å²) in [6.07, 6.45) is -0.0470. The van der Waals surface area contributed by atoms with Crippen LogP contribution in [0, 0.1) is 12.8 Å². The second kappa shape index (κ2) is 9.43. The number of amides is 2. The molecule has 2 heterocycles. The SMILES string of the molecule is CCCOc1ccc([C@@H]2[C@H]3C(=O)N(c4ccc(C)cc4)C(=O)[C@@H]3ON2c2ccccc2)cc1OC. The monoisotopic (exact) mass is 472 g/mol. The van der Waals surface area contributed by atoms with E-state index in [4.69, 9.17) is 14.3 Å². The van der Waals surface area contributed by atoms with Crippen molar-refractivity contribution in [3.8, 4) is 11.5 Å². The maximum absolute atomic E-state index is 13.7. The fourth-order valence-electron chi connectivity index (χ4n) is 4.70. The highest BCUT2D eigenvalue weighted by atomic mass is 16.7. The zero-order valence-corrected chi connectivity index (χ0v) is 20.0. The van der Waals surface area contributed by atoms with Gasteiger partial charge in [-0.2, -0.15) is 0 Å². The zero-order valence-electron chi connectivity index (χ0n) is 20.0. The smallest absolute Gasteiger partial charge is 0.266 e. The standard InChI is InChI=1S/C28H28N2O5/c1-4-16-34-22-15-12-19(17-23(22)33-3)25-24-26(35-30(25)21-8-6-5-7-9-21)28(32)29(27(24)31)20-13-10-18(2)11-14-20/h5-15,17,24-26H,4,16H2,1-3H3/t24-,25-,26-/m1/s1. The van der Waals surface area contributed by atoms with Crippen molar-refractivity contribution in [2.24, 2.45) is 5.92 Å². The van der Waals surface area contributed by atoms with Gasteiger partial charge in [-0.3, -0.25) is 14.4 Å². The molecule has 2 aliphatic rings. The van der Waals surface area contributed by atoms with Crippen molar-refractivity contribution in [1.29, 1.82) is 0 Å². The maximum Gasteiger partial charge on any atom is 0.266 e. The van der Waals surface area contributed by atoms with E-state index >= 15 is 0 Å². The summed E-state index contributed by atoms with van der Waals surface area (Å²) in [5, 5.41) is 1.68. The Morgan fingerprint density at radius 2 is 1.63 bits per heavy atom. The van der Waals surface area contributed by atoms with Crippen LogP contribution >= 0.6 is 0 Å². The molecule has 0 unspecified atom stereocenters. The van der Waals surface area contributed by atoms with E-state index in [1.165, 1.54) is 4.90 Å². The summed E-state index contributed by atoms with van der Waals surface area (Å²) in [5.74, 6) is -0.148. The van der Waals surface area contributed by atoms with Crippen molar-refractivity contribution < 1.29 is 23.9 Å². The van der Waals surface area contributed by atoms with Gasteiger partial charge >= 0.3 is 0 Å². The third kappa shape index (κ3) is 4.02. The number of methoxy groups -OCH3 is 1. The molecule has 0 saturated carbocycles. The summed E-state index contributed by atoms with van der Waals surface area (Å²) < 4.78 is 11.4. The van der Waals surface area contributed by atoms with Gasteiger partial charge in [0.05, 0.1) is 31.1 Å². The molecule has 0 aromatic heterocycles. The first-order valence-electron chi connectivity index (χ1n) is 11.8. The van der Waals surface area contributed by atoms with Gasteiger partial charge in [0.25, 0.3) is 5.91 Å². The highest BCUT2D eigenvalue weighted by Crippen LogP contribution is 2.48. The van der Waals surface area contributed by atoms with E-state index in [1.807, 2.05) is 74.5 Å². The van der Waals surface area contributed by atoms with Crippen LogP contribution in [0.15, 0.2) is 72.8 Å². The summed E-state index contributed by atoms with van der Waals surface area (Å²) in [7, 11) is 1.59. The predicted octanol–water partition coefficient (Wildman–Crippen LogP) is 4.84. The molecule has 0 N–H and O–H groups in total. The number of benzene rings is 3. The van der Waals surface area contributed by atoms with Crippen LogP contribution in [-0.2, 0) is 14.4 Å². The third-order valence-electron chi connectivity index (χ3n) is 6.41. The number of nitrogens with zero attached hydrogens (tertiary/aromatic N) is 2. The summed E-state index contributed by atoms with van der Waals surface area (Å²) in [6, 6.07) is 22.0. The van der Waals surface area contributed by atoms with E-state index in [0.717, 1.165) is 23.2 Å². The highest BCUT2D eigenvalue weighted by molar-refractivity contribution is 6.23. The number of carbonyl (C=O) groups is 2. The largest absolute Gasteiger partial charge is 0.493 e. The molecule has 0 bridgehead atoms. The molecule has 180 valence electrons. The lowest BCUT2D eigenvalue weighted by Gasteiger charge is -2.29. The molecule has 2 saturated heterocycles. The first kappa shape index (κ1) is 22.9. The molecule has 5 rings (SSSR count). The van der Waals surface area contributed by atoms with Crippen molar-refractivity contribution in [1.82, 2.24) is 0 Å². The number of ether oxygens (including phenoxy) is 2. The Balaban J connectivity index is 1.57. The number of carbonyl (C=O) groups excluding carboxylic acids is 2. The van der Waals surface area contributed by atoms with Gasteiger partial charge in [0.2, 0.25) is 5.91 Å². The van der Waals surface area contributed by atoms with Crippen LogP contribution in [0.3, 0.4) is 0 Å². The minimum Gasteiger partial charge on any atom is -0.493 e. The van der Waals surface area contributed by atoms with E-state index < -0.39 is 18.1 Å². The maximum atomic E-state index is 13.7. The van der Waals surface area contributed by atoms with E-state index in [2.05, 4.69) is 0 Å². The van der Waals surface area contributed by atoms with Crippen LogP contribution in [0.4, 0.5) is 11.4 Å². The molecule has 2 fully saturated rings. The van der Waals surface area contributed by atoms with Crippen molar-refractivity contribution >= 4 is 23.2 Å². The summed E-state index contributed by atoms with van der Waals surface area (Å²) in [5.41, 5.74) is 3.16. The number of imide groups is 1. The fraction of sp³-hybridized carbons (Fsp3) is 0.286. The van der Waals surface area contributed by atoms with Crippen LogP contribution in [0.2, 0.25) is 0 Å². The van der Waals surface area contributed by atoms with Crippen LogP contribution < -0.4 is 19.4 Å². The minimum atomic E-state index is -0.920. The van der Waals surface area contributed by atoms with Crippen molar-refractivity contribution in [3.05, 3.63) is 83.9 Å².